The number of amides is 1. The molecular formula is C18H15NO3. The van der Waals surface area contributed by atoms with Gasteiger partial charge in [0.25, 0.3) is 5.91 Å². The summed E-state index contributed by atoms with van der Waals surface area (Å²) >= 11 is 0. The smallest absolute Gasteiger partial charge is 0.267 e. The maximum atomic E-state index is 12.8. The van der Waals surface area contributed by atoms with Gasteiger partial charge < -0.3 is 10.0 Å². The summed E-state index contributed by atoms with van der Waals surface area (Å²) < 4.78 is 0. The van der Waals surface area contributed by atoms with Crippen LogP contribution in [0.5, 0.6) is 0 Å². The highest BCUT2D eigenvalue weighted by atomic mass is 16.3. The molecule has 0 radical (unpaired) electrons. The number of benzene rings is 2. The molecule has 4 heteroatoms. The van der Waals surface area contributed by atoms with Crippen molar-refractivity contribution in [1.29, 1.82) is 0 Å². The molecule has 0 bridgehead atoms. The second kappa shape index (κ2) is 4.52. The number of carbonyl (C=O) groups is 2. The summed E-state index contributed by atoms with van der Waals surface area (Å²) in [7, 11) is 0. The maximum Gasteiger partial charge on any atom is 0.267 e. The second-order valence-electron chi connectivity index (χ2n) is 5.87. The topological polar surface area (TPSA) is 57.6 Å². The highest BCUT2D eigenvalue weighted by Gasteiger charge is 2.53. The Hall–Kier alpha value is -2.46. The first-order chi connectivity index (χ1) is 10.6. The molecule has 110 valence electrons. The number of Topliss-reactive ketones (excluding diaryl/α,β-unsaturated/α-hetero) is 1. The van der Waals surface area contributed by atoms with E-state index in [2.05, 4.69) is 0 Å². The summed E-state index contributed by atoms with van der Waals surface area (Å²) in [6.07, 6.45) is 0.731. The molecule has 2 aliphatic rings. The van der Waals surface area contributed by atoms with Crippen molar-refractivity contribution in [3.8, 4) is 0 Å². The Morgan fingerprint density at radius 2 is 1.82 bits per heavy atom. The molecule has 1 atom stereocenters. The average molecular weight is 293 g/mol. The zero-order chi connectivity index (χ0) is 15.3. The van der Waals surface area contributed by atoms with E-state index in [4.69, 9.17) is 0 Å². The number of hydrogen-bond donors (Lipinski definition) is 1. The van der Waals surface area contributed by atoms with E-state index in [0.29, 0.717) is 17.8 Å². The van der Waals surface area contributed by atoms with Crippen LogP contribution in [0, 0.1) is 0 Å². The molecule has 0 aliphatic carbocycles. The molecule has 0 spiro atoms. The summed E-state index contributed by atoms with van der Waals surface area (Å²) in [5, 5.41) is 10.9. The number of aliphatic hydroxyl groups is 1. The molecular weight excluding hydrogens is 278 g/mol. The molecule has 2 aromatic rings. The van der Waals surface area contributed by atoms with Crippen LogP contribution in [0.1, 0.15) is 21.5 Å². The fourth-order valence-electron chi connectivity index (χ4n) is 3.43. The van der Waals surface area contributed by atoms with Gasteiger partial charge in [0.1, 0.15) is 0 Å². The Morgan fingerprint density at radius 1 is 1.05 bits per heavy atom. The summed E-state index contributed by atoms with van der Waals surface area (Å²) in [5.41, 5.74) is 0.909. The molecule has 0 saturated heterocycles. The van der Waals surface area contributed by atoms with E-state index < -0.39 is 17.3 Å². The minimum absolute atomic E-state index is 0.00563. The van der Waals surface area contributed by atoms with Gasteiger partial charge >= 0.3 is 0 Å². The predicted molar refractivity (Wildman–Crippen MR) is 81.9 cm³/mol. The first-order valence-corrected chi connectivity index (χ1v) is 7.36. The number of nitrogens with zero attached hydrogens (tertiary/aromatic N) is 1. The van der Waals surface area contributed by atoms with Crippen molar-refractivity contribution < 1.29 is 14.7 Å². The van der Waals surface area contributed by atoms with Crippen molar-refractivity contribution in [3.63, 3.8) is 0 Å². The van der Waals surface area contributed by atoms with Crippen LogP contribution in [-0.4, -0.2) is 28.9 Å². The third kappa shape index (κ3) is 1.67. The van der Waals surface area contributed by atoms with Crippen LogP contribution in [-0.2, 0) is 17.6 Å². The van der Waals surface area contributed by atoms with Crippen LogP contribution >= 0.6 is 0 Å². The van der Waals surface area contributed by atoms with Crippen LogP contribution in [0.2, 0.25) is 0 Å². The molecule has 1 N–H and O–H groups in total. The Balaban J connectivity index is 1.83. The first-order valence-electron chi connectivity index (χ1n) is 7.36. The van der Waals surface area contributed by atoms with Crippen molar-refractivity contribution in [3.05, 3.63) is 65.2 Å². The number of hydrogen-bond acceptors (Lipinski definition) is 3. The molecule has 4 rings (SSSR count). The molecule has 2 aromatic carbocycles. The fraction of sp³-hybridized carbons (Fsp3) is 0.222. The monoisotopic (exact) mass is 293 g/mol. The van der Waals surface area contributed by atoms with Crippen molar-refractivity contribution in [2.75, 3.05) is 11.4 Å². The predicted octanol–water partition coefficient (Wildman–Crippen LogP) is 1.75. The third-order valence-electron chi connectivity index (χ3n) is 4.52. The molecule has 22 heavy (non-hydrogen) atoms. The maximum absolute atomic E-state index is 12.8. The SMILES string of the molecule is O=C1c2cccc3c2N(CC3)C(=O)C1(O)Cc1ccccc1. The summed E-state index contributed by atoms with van der Waals surface area (Å²) in [6.45, 7) is 0.523. The average Bonchev–Trinajstić information content (AvgIpc) is 2.97. The summed E-state index contributed by atoms with van der Waals surface area (Å²) in [5.74, 6) is -0.991. The van der Waals surface area contributed by atoms with E-state index in [0.717, 1.165) is 17.5 Å². The molecule has 4 nitrogen and oxygen atoms in total. The van der Waals surface area contributed by atoms with Gasteiger partial charge in [-0.3, -0.25) is 9.59 Å². The Bertz CT molecular complexity index is 784. The van der Waals surface area contributed by atoms with Crippen LogP contribution in [0.4, 0.5) is 5.69 Å². The van der Waals surface area contributed by atoms with Gasteiger partial charge in [0.05, 0.1) is 5.69 Å². The molecule has 1 amide bonds. The Morgan fingerprint density at radius 3 is 2.59 bits per heavy atom. The van der Waals surface area contributed by atoms with Crippen LogP contribution in [0.25, 0.3) is 0 Å². The quantitative estimate of drug-likeness (QED) is 0.858. The van der Waals surface area contributed by atoms with E-state index in [1.54, 1.807) is 11.0 Å². The number of ketones is 1. The zero-order valence-electron chi connectivity index (χ0n) is 12.0. The van der Waals surface area contributed by atoms with Crippen molar-refractivity contribution in [1.82, 2.24) is 0 Å². The second-order valence-corrected chi connectivity index (χ2v) is 5.87. The van der Waals surface area contributed by atoms with Gasteiger partial charge in [-0.25, -0.2) is 0 Å². The van der Waals surface area contributed by atoms with Gasteiger partial charge in [0.2, 0.25) is 11.4 Å². The molecule has 2 heterocycles. The van der Waals surface area contributed by atoms with Gasteiger partial charge in [-0.05, 0) is 23.6 Å². The van der Waals surface area contributed by atoms with Crippen LogP contribution in [0.15, 0.2) is 48.5 Å². The van der Waals surface area contributed by atoms with Crippen LogP contribution < -0.4 is 4.90 Å². The van der Waals surface area contributed by atoms with Crippen molar-refractivity contribution in [2.45, 2.75) is 18.4 Å². The molecule has 0 saturated carbocycles. The summed E-state index contributed by atoms with van der Waals surface area (Å²) in [4.78, 5) is 27.1. The number of anilines is 1. The number of para-hydroxylation sites is 1. The number of rotatable bonds is 2. The van der Waals surface area contributed by atoms with E-state index in [1.807, 2.05) is 42.5 Å². The summed E-state index contributed by atoms with van der Waals surface area (Å²) in [6, 6.07) is 14.6. The lowest BCUT2D eigenvalue weighted by atomic mass is 9.81. The fourth-order valence-corrected chi connectivity index (χ4v) is 3.43. The molecule has 0 fully saturated rings. The normalized spacial score (nSPS) is 22.9. The lowest BCUT2D eigenvalue weighted by molar-refractivity contribution is -0.132. The van der Waals surface area contributed by atoms with Gasteiger partial charge in [-0.15, -0.1) is 0 Å². The molecule has 2 aliphatic heterocycles. The Labute approximate surface area is 128 Å². The van der Waals surface area contributed by atoms with Crippen molar-refractivity contribution in [2.24, 2.45) is 0 Å². The van der Waals surface area contributed by atoms with E-state index in [9.17, 15) is 14.7 Å². The first kappa shape index (κ1) is 13.2. The van der Waals surface area contributed by atoms with E-state index in [-0.39, 0.29) is 6.42 Å². The van der Waals surface area contributed by atoms with Gasteiger partial charge in [-0.1, -0.05) is 42.5 Å². The molecule has 0 aromatic heterocycles. The Kier molecular flexibility index (Phi) is 2.71. The lowest BCUT2D eigenvalue weighted by Crippen LogP contribution is -2.58. The highest BCUT2D eigenvalue weighted by Crippen LogP contribution is 2.40. The van der Waals surface area contributed by atoms with Crippen molar-refractivity contribution >= 4 is 17.4 Å². The minimum atomic E-state index is -2.00. The van der Waals surface area contributed by atoms with Gasteiger partial charge in [-0.2, -0.15) is 0 Å². The standard InChI is InChI=1S/C18H15NO3/c20-16-14-8-4-7-13-9-10-19(15(13)14)17(21)18(16,22)11-12-5-2-1-3-6-12/h1-8,22H,9-11H2. The van der Waals surface area contributed by atoms with Gasteiger partial charge in [0, 0.05) is 18.5 Å². The third-order valence-corrected chi connectivity index (χ3v) is 4.52. The van der Waals surface area contributed by atoms with Gasteiger partial charge in [0.15, 0.2) is 0 Å². The highest BCUT2D eigenvalue weighted by molar-refractivity contribution is 6.28. The lowest BCUT2D eigenvalue weighted by Gasteiger charge is -2.36. The zero-order valence-corrected chi connectivity index (χ0v) is 12.0. The largest absolute Gasteiger partial charge is 0.373 e. The molecule has 1 unspecified atom stereocenters. The van der Waals surface area contributed by atoms with E-state index >= 15 is 0 Å². The van der Waals surface area contributed by atoms with Crippen LogP contribution in [0.3, 0.4) is 0 Å². The minimum Gasteiger partial charge on any atom is -0.373 e. The number of carbonyl (C=O) groups excluding carboxylic acids is 2. The van der Waals surface area contributed by atoms with E-state index in [1.165, 1.54) is 0 Å².